The maximum Gasteiger partial charge on any atom is 0.253 e. The number of nitrogens with zero attached hydrogens (tertiary/aromatic N) is 4. The van der Waals surface area contributed by atoms with Crippen molar-refractivity contribution < 1.29 is 9.59 Å². The van der Waals surface area contributed by atoms with Gasteiger partial charge in [0.1, 0.15) is 0 Å². The minimum absolute atomic E-state index is 0.0796. The molecule has 6 heteroatoms. The number of hydrogen-bond acceptors (Lipinski definition) is 4. The van der Waals surface area contributed by atoms with Crippen molar-refractivity contribution in [1.82, 2.24) is 14.7 Å². The first-order valence-electron chi connectivity index (χ1n) is 10.0. The number of carbonyl (C=O) groups is 2. The number of piperidine rings is 1. The van der Waals surface area contributed by atoms with E-state index in [1.54, 1.807) is 0 Å². The zero-order valence-electron chi connectivity index (χ0n) is 16.9. The Morgan fingerprint density at radius 2 is 1.67 bits per heavy atom. The van der Waals surface area contributed by atoms with Crippen molar-refractivity contribution in [3.63, 3.8) is 0 Å². The van der Waals surface area contributed by atoms with Crippen LogP contribution in [0.2, 0.25) is 0 Å². The highest BCUT2D eigenvalue weighted by molar-refractivity contribution is 5.94. The molecular formula is C21H32N4O2. The molecule has 1 aromatic carbocycles. The molecule has 3 rings (SSSR count). The molecule has 2 aliphatic rings. The number of rotatable bonds is 4. The Morgan fingerprint density at radius 3 is 2.26 bits per heavy atom. The molecule has 148 valence electrons. The summed E-state index contributed by atoms with van der Waals surface area (Å²) in [6.45, 7) is 6.39. The molecule has 0 radical (unpaired) electrons. The number of hydrogen-bond donors (Lipinski definition) is 0. The lowest BCUT2D eigenvalue weighted by atomic mass is 10.0. The predicted molar refractivity (Wildman–Crippen MR) is 108 cm³/mol. The van der Waals surface area contributed by atoms with Gasteiger partial charge in [0, 0.05) is 64.1 Å². The van der Waals surface area contributed by atoms with E-state index in [0.717, 1.165) is 43.7 Å². The summed E-state index contributed by atoms with van der Waals surface area (Å²) in [4.78, 5) is 33.5. The van der Waals surface area contributed by atoms with Gasteiger partial charge in [-0.3, -0.25) is 14.5 Å². The standard InChI is InChI=1S/C21H32N4O2/c1-17-6-4-5-11-25(17)20(26)16-23-12-14-24(15-13-23)21(27)18-7-9-19(10-8-18)22(2)3/h7-10,17H,4-6,11-16H2,1-3H3/t17-/m0/s1. The smallest absolute Gasteiger partial charge is 0.253 e. The highest BCUT2D eigenvalue weighted by Gasteiger charge is 2.27. The van der Waals surface area contributed by atoms with Gasteiger partial charge in [0.05, 0.1) is 6.54 Å². The number of carbonyl (C=O) groups excluding carboxylic acids is 2. The van der Waals surface area contributed by atoms with Crippen LogP contribution < -0.4 is 4.90 Å². The number of likely N-dealkylation sites (tertiary alicyclic amines) is 1. The third-order valence-electron chi connectivity index (χ3n) is 5.77. The van der Waals surface area contributed by atoms with Crippen LogP contribution in [-0.2, 0) is 4.79 Å². The molecule has 2 amide bonds. The summed E-state index contributed by atoms with van der Waals surface area (Å²) in [5.74, 6) is 0.317. The fourth-order valence-corrected chi connectivity index (χ4v) is 3.94. The fraction of sp³-hybridized carbons (Fsp3) is 0.619. The summed E-state index contributed by atoms with van der Waals surface area (Å²) >= 11 is 0. The zero-order valence-corrected chi connectivity index (χ0v) is 16.9. The van der Waals surface area contributed by atoms with Crippen LogP contribution in [-0.4, -0.2) is 85.9 Å². The number of amides is 2. The second-order valence-corrected chi connectivity index (χ2v) is 7.94. The van der Waals surface area contributed by atoms with Crippen LogP contribution in [0.5, 0.6) is 0 Å². The topological polar surface area (TPSA) is 47.1 Å². The summed E-state index contributed by atoms with van der Waals surface area (Å²) in [5, 5.41) is 0. The Hall–Kier alpha value is -2.08. The Morgan fingerprint density at radius 1 is 1.00 bits per heavy atom. The van der Waals surface area contributed by atoms with Gasteiger partial charge in [0.2, 0.25) is 5.91 Å². The van der Waals surface area contributed by atoms with Crippen molar-refractivity contribution >= 4 is 17.5 Å². The van der Waals surface area contributed by atoms with Gasteiger partial charge in [-0.05, 0) is 50.5 Å². The first kappa shape index (κ1) is 19.7. The molecule has 0 saturated carbocycles. The fourth-order valence-electron chi connectivity index (χ4n) is 3.94. The quantitative estimate of drug-likeness (QED) is 0.810. The van der Waals surface area contributed by atoms with Crippen LogP contribution in [0, 0.1) is 0 Å². The lowest BCUT2D eigenvalue weighted by molar-refractivity contribution is -0.136. The molecule has 0 bridgehead atoms. The molecule has 0 unspecified atom stereocenters. The van der Waals surface area contributed by atoms with Crippen molar-refractivity contribution in [2.24, 2.45) is 0 Å². The largest absolute Gasteiger partial charge is 0.378 e. The molecule has 0 aliphatic carbocycles. The summed E-state index contributed by atoms with van der Waals surface area (Å²) in [6.07, 6.45) is 3.45. The summed E-state index contributed by atoms with van der Waals surface area (Å²) in [6, 6.07) is 8.10. The summed E-state index contributed by atoms with van der Waals surface area (Å²) < 4.78 is 0. The van der Waals surface area contributed by atoms with Gasteiger partial charge in [-0.1, -0.05) is 0 Å². The van der Waals surface area contributed by atoms with E-state index in [1.165, 1.54) is 6.42 Å². The molecule has 2 saturated heterocycles. The highest BCUT2D eigenvalue weighted by atomic mass is 16.2. The molecule has 0 spiro atoms. The minimum atomic E-state index is 0.0796. The Labute approximate surface area is 162 Å². The van der Waals surface area contributed by atoms with E-state index in [4.69, 9.17) is 0 Å². The van der Waals surface area contributed by atoms with Crippen molar-refractivity contribution in [2.75, 3.05) is 58.3 Å². The second-order valence-electron chi connectivity index (χ2n) is 7.94. The molecule has 2 heterocycles. The van der Waals surface area contributed by atoms with Gasteiger partial charge >= 0.3 is 0 Å². The normalized spacial score (nSPS) is 21.2. The SMILES string of the molecule is C[C@H]1CCCCN1C(=O)CN1CCN(C(=O)c2ccc(N(C)C)cc2)CC1. The zero-order chi connectivity index (χ0) is 19.4. The van der Waals surface area contributed by atoms with Crippen molar-refractivity contribution in [2.45, 2.75) is 32.2 Å². The molecule has 2 fully saturated rings. The number of anilines is 1. The molecule has 2 aliphatic heterocycles. The van der Waals surface area contributed by atoms with Gasteiger partial charge in [-0.2, -0.15) is 0 Å². The van der Waals surface area contributed by atoms with Crippen LogP contribution in [0.15, 0.2) is 24.3 Å². The van der Waals surface area contributed by atoms with Gasteiger partial charge in [0.15, 0.2) is 0 Å². The van der Waals surface area contributed by atoms with Crippen LogP contribution >= 0.6 is 0 Å². The lowest BCUT2D eigenvalue weighted by Gasteiger charge is -2.38. The van der Waals surface area contributed by atoms with Gasteiger partial charge in [-0.25, -0.2) is 0 Å². The lowest BCUT2D eigenvalue weighted by Crippen LogP contribution is -2.53. The van der Waals surface area contributed by atoms with Gasteiger partial charge < -0.3 is 14.7 Å². The van der Waals surface area contributed by atoms with Gasteiger partial charge in [-0.15, -0.1) is 0 Å². The average Bonchev–Trinajstić information content (AvgIpc) is 2.68. The predicted octanol–water partition coefficient (Wildman–Crippen LogP) is 1.91. The van der Waals surface area contributed by atoms with Crippen molar-refractivity contribution in [3.05, 3.63) is 29.8 Å². The minimum Gasteiger partial charge on any atom is -0.378 e. The Bertz CT molecular complexity index is 651. The molecule has 0 aromatic heterocycles. The summed E-state index contributed by atoms with van der Waals surface area (Å²) in [5.41, 5.74) is 1.81. The van der Waals surface area contributed by atoms with E-state index in [2.05, 4.69) is 11.8 Å². The van der Waals surface area contributed by atoms with Crippen LogP contribution in [0.25, 0.3) is 0 Å². The maximum atomic E-state index is 12.7. The molecule has 1 atom stereocenters. The molecule has 1 aromatic rings. The molecule has 27 heavy (non-hydrogen) atoms. The van der Waals surface area contributed by atoms with E-state index < -0.39 is 0 Å². The first-order valence-corrected chi connectivity index (χ1v) is 10.0. The molecule has 6 nitrogen and oxygen atoms in total. The molecule has 0 N–H and O–H groups in total. The average molecular weight is 373 g/mol. The Balaban J connectivity index is 1.49. The van der Waals surface area contributed by atoms with Crippen molar-refractivity contribution in [1.29, 1.82) is 0 Å². The van der Waals surface area contributed by atoms with Crippen LogP contribution in [0.4, 0.5) is 5.69 Å². The molecular weight excluding hydrogens is 340 g/mol. The van der Waals surface area contributed by atoms with Crippen molar-refractivity contribution in [3.8, 4) is 0 Å². The van der Waals surface area contributed by atoms with E-state index in [9.17, 15) is 9.59 Å². The van der Waals surface area contributed by atoms with Crippen LogP contribution in [0.1, 0.15) is 36.5 Å². The number of piperazine rings is 1. The maximum absolute atomic E-state index is 12.7. The Kier molecular flexibility index (Phi) is 6.37. The van der Waals surface area contributed by atoms with Crippen LogP contribution in [0.3, 0.4) is 0 Å². The summed E-state index contributed by atoms with van der Waals surface area (Å²) in [7, 11) is 3.98. The third kappa shape index (κ3) is 4.80. The van der Waals surface area contributed by atoms with E-state index in [1.807, 2.05) is 53.1 Å². The van der Waals surface area contributed by atoms with E-state index >= 15 is 0 Å². The van der Waals surface area contributed by atoms with E-state index in [0.29, 0.717) is 25.7 Å². The van der Waals surface area contributed by atoms with E-state index in [-0.39, 0.29) is 11.8 Å². The number of benzene rings is 1. The monoisotopic (exact) mass is 372 g/mol. The first-order chi connectivity index (χ1) is 13.0. The van der Waals surface area contributed by atoms with Gasteiger partial charge in [0.25, 0.3) is 5.91 Å². The third-order valence-corrected chi connectivity index (χ3v) is 5.77. The second kappa shape index (κ2) is 8.74. The highest BCUT2D eigenvalue weighted by Crippen LogP contribution is 2.18.